The van der Waals surface area contributed by atoms with Crippen molar-refractivity contribution in [2.75, 3.05) is 16.3 Å². The molecule has 4 aliphatic carbocycles. The van der Waals surface area contributed by atoms with E-state index in [1.807, 2.05) is 0 Å². The summed E-state index contributed by atoms with van der Waals surface area (Å²) in [5.41, 5.74) is 7.61. The van der Waals surface area contributed by atoms with Crippen molar-refractivity contribution in [2.24, 2.45) is 17.8 Å². The molecule has 0 aromatic heterocycles. The predicted octanol–water partition coefficient (Wildman–Crippen LogP) is 7.05. The molecular weight excluding hydrogens is 428 g/mol. The minimum atomic E-state index is 0.242. The lowest BCUT2D eigenvalue weighted by Gasteiger charge is -2.40. The number of anilines is 2. The van der Waals surface area contributed by atoms with Gasteiger partial charge in [-0.15, -0.1) is 0 Å². The van der Waals surface area contributed by atoms with Crippen LogP contribution in [0, 0.1) is 17.8 Å². The number of fused-ring (bicyclic) bond motifs is 7. The lowest BCUT2D eigenvalue weighted by Crippen LogP contribution is -2.49. The Morgan fingerprint density at radius 3 is 2.60 bits per heavy atom. The molecule has 0 fully saturated rings. The topological polar surface area (TPSA) is 15.7 Å². The lowest BCUT2D eigenvalue weighted by molar-refractivity contribution is 0.123. The van der Waals surface area contributed by atoms with E-state index in [-0.39, 0.29) is 6.10 Å². The van der Waals surface area contributed by atoms with Gasteiger partial charge in [-0.1, -0.05) is 48.6 Å². The van der Waals surface area contributed by atoms with Gasteiger partial charge in [0, 0.05) is 30.5 Å². The first-order chi connectivity index (χ1) is 17.4. The van der Waals surface area contributed by atoms with Crippen LogP contribution in [0.3, 0.4) is 0 Å². The van der Waals surface area contributed by atoms with Crippen LogP contribution >= 0.6 is 0 Å². The summed E-state index contributed by atoms with van der Waals surface area (Å²) in [6.07, 6.45) is 26.6. The van der Waals surface area contributed by atoms with Crippen LogP contribution in [0.25, 0.3) is 0 Å². The van der Waals surface area contributed by atoms with Gasteiger partial charge in [0.05, 0.1) is 11.4 Å². The van der Waals surface area contributed by atoms with Gasteiger partial charge in [-0.3, -0.25) is 0 Å². The average molecular weight is 465 g/mol. The second-order valence-electron chi connectivity index (χ2n) is 11.7. The van der Waals surface area contributed by atoms with Gasteiger partial charge in [-0.25, -0.2) is 0 Å². The maximum Gasteiger partial charge on any atom is 0.130 e. The van der Waals surface area contributed by atoms with Crippen LogP contribution in [-0.2, 0) is 4.74 Å². The molecule has 0 bridgehead atoms. The fourth-order valence-electron chi connectivity index (χ4n) is 8.28. The Morgan fingerprint density at radius 2 is 1.74 bits per heavy atom. The summed E-state index contributed by atoms with van der Waals surface area (Å²) < 4.78 is 6.81. The van der Waals surface area contributed by atoms with Gasteiger partial charge in [-0.2, -0.15) is 0 Å². The fourth-order valence-corrected chi connectivity index (χ4v) is 8.28. The third-order valence-electron chi connectivity index (χ3n) is 9.91. The highest BCUT2D eigenvalue weighted by Crippen LogP contribution is 2.55. The minimum absolute atomic E-state index is 0.242. The largest absolute Gasteiger partial charge is 0.489 e. The van der Waals surface area contributed by atoms with Crippen molar-refractivity contribution < 1.29 is 4.74 Å². The number of ether oxygens (including phenoxy) is 1. The molecule has 8 rings (SSSR count). The number of benzene rings is 1. The molecule has 6 atom stereocenters. The molecule has 3 aliphatic heterocycles. The van der Waals surface area contributed by atoms with Crippen molar-refractivity contribution in [3.8, 4) is 0 Å². The molecule has 1 aromatic carbocycles. The highest BCUT2D eigenvalue weighted by atomic mass is 16.5. The van der Waals surface area contributed by atoms with Gasteiger partial charge in [0.2, 0.25) is 0 Å². The van der Waals surface area contributed by atoms with Gasteiger partial charge in [-0.05, 0) is 86.5 Å². The van der Waals surface area contributed by atoms with E-state index in [1.165, 1.54) is 67.7 Å². The van der Waals surface area contributed by atoms with E-state index in [9.17, 15) is 0 Å². The van der Waals surface area contributed by atoms with E-state index in [1.54, 1.807) is 11.1 Å². The Bertz CT molecular complexity index is 1200. The van der Waals surface area contributed by atoms with Crippen LogP contribution < -0.4 is 9.80 Å². The monoisotopic (exact) mass is 464 g/mol. The zero-order valence-electron chi connectivity index (χ0n) is 20.6. The molecule has 7 aliphatic rings. The maximum atomic E-state index is 6.81. The Hall–Kier alpha value is -2.68. The first-order valence-electron chi connectivity index (χ1n) is 14.1. The van der Waals surface area contributed by atoms with Crippen LogP contribution in [0.5, 0.6) is 0 Å². The molecule has 0 amide bonds. The first kappa shape index (κ1) is 20.5. The Labute approximate surface area is 209 Å². The van der Waals surface area contributed by atoms with Crippen LogP contribution in [0.15, 0.2) is 83.2 Å². The molecule has 0 spiro atoms. The van der Waals surface area contributed by atoms with Crippen LogP contribution in [0.1, 0.15) is 57.8 Å². The average Bonchev–Trinajstić information content (AvgIpc) is 3.58. The second kappa shape index (κ2) is 7.91. The van der Waals surface area contributed by atoms with Gasteiger partial charge in [0.25, 0.3) is 0 Å². The van der Waals surface area contributed by atoms with Crippen molar-refractivity contribution in [3.63, 3.8) is 0 Å². The lowest BCUT2D eigenvalue weighted by atomic mass is 9.77. The van der Waals surface area contributed by atoms with Crippen molar-refractivity contribution >= 4 is 11.4 Å². The number of para-hydroxylation sites is 2. The van der Waals surface area contributed by atoms with Crippen molar-refractivity contribution in [1.82, 2.24) is 0 Å². The molecular formula is C32H36N2O. The van der Waals surface area contributed by atoms with Crippen LogP contribution in [-0.4, -0.2) is 24.9 Å². The Kier molecular flexibility index (Phi) is 4.64. The summed E-state index contributed by atoms with van der Waals surface area (Å²) in [7, 11) is 0. The molecule has 0 saturated carbocycles. The second-order valence-corrected chi connectivity index (χ2v) is 11.7. The van der Waals surface area contributed by atoms with Gasteiger partial charge >= 0.3 is 0 Å². The van der Waals surface area contributed by atoms with Crippen molar-refractivity contribution in [3.05, 3.63) is 83.2 Å². The summed E-state index contributed by atoms with van der Waals surface area (Å²) in [5.74, 6) is 3.31. The zero-order valence-corrected chi connectivity index (χ0v) is 20.6. The molecule has 1 aromatic rings. The smallest absolute Gasteiger partial charge is 0.130 e. The Morgan fingerprint density at radius 1 is 0.829 bits per heavy atom. The number of rotatable bonds is 2. The molecule has 3 heterocycles. The quantitative estimate of drug-likeness (QED) is 0.436. The summed E-state index contributed by atoms with van der Waals surface area (Å²) in [6, 6.07) is 9.62. The maximum absolute atomic E-state index is 6.81. The van der Waals surface area contributed by atoms with E-state index >= 15 is 0 Å². The van der Waals surface area contributed by atoms with Crippen molar-refractivity contribution in [1.29, 1.82) is 0 Å². The van der Waals surface area contributed by atoms with E-state index in [0.29, 0.717) is 18.1 Å². The highest BCUT2D eigenvalue weighted by molar-refractivity contribution is 5.82. The Balaban J connectivity index is 1.14. The van der Waals surface area contributed by atoms with Crippen molar-refractivity contribution in [2.45, 2.75) is 76.1 Å². The molecule has 3 nitrogen and oxygen atoms in total. The van der Waals surface area contributed by atoms with Crippen LogP contribution in [0.2, 0.25) is 0 Å². The molecule has 0 N–H and O–H groups in total. The first-order valence-corrected chi connectivity index (χ1v) is 14.1. The number of hydrogen-bond donors (Lipinski definition) is 0. The SMILES string of the molecule is C1=CC(C2C=CC(N3c4ccccc4N4CC5=C(C6OC7=C(C=CCC7)C6CC5)C43)CC2)CCC1. The standard InChI is InChI=1S/C32H36N2O/c1-2-8-21(9-3-1)22-14-17-24(18-15-22)34-28-12-6-5-11-27(28)33-20-23-16-19-26-25-10-4-7-13-29(25)35-31(26)30(23)32(33)34/h2,4-6,8,10-12,14,17,21-22,24,26,31-32H,1,3,7,9,13,15-16,18-20H2. The fraction of sp³-hybridized carbons (Fsp3) is 0.500. The number of nitrogens with zero attached hydrogens (tertiary/aromatic N) is 2. The van der Waals surface area contributed by atoms with Gasteiger partial charge < -0.3 is 14.5 Å². The third-order valence-corrected chi connectivity index (χ3v) is 9.91. The molecule has 0 saturated heterocycles. The van der Waals surface area contributed by atoms with Crippen LogP contribution in [0.4, 0.5) is 11.4 Å². The molecule has 6 unspecified atom stereocenters. The van der Waals surface area contributed by atoms with Gasteiger partial charge in [0.15, 0.2) is 0 Å². The normalized spacial score (nSPS) is 36.7. The van der Waals surface area contributed by atoms with Gasteiger partial charge in [0.1, 0.15) is 18.0 Å². The molecule has 35 heavy (non-hydrogen) atoms. The minimum Gasteiger partial charge on any atom is -0.489 e. The van der Waals surface area contributed by atoms with E-state index in [0.717, 1.165) is 31.2 Å². The zero-order chi connectivity index (χ0) is 22.9. The summed E-state index contributed by atoms with van der Waals surface area (Å²) in [6.45, 7) is 1.08. The molecule has 3 heteroatoms. The predicted molar refractivity (Wildman–Crippen MR) is 142 cm³/mol. The molecule has 180 valence electrons. The summed E-state index contributed by atoms with van der Waals surface area (Å²) in [5, 5.41) is 0. The summed E-state index contributed by atoms with van der Waals surface area (Å²) in [4.78, 5) is 5.47. The van der Waals surface area contributed by atoms with E-state index < -0.39 is 0 Å². The highest BCUT2D eigenvalue weighted by Gasteiger charge is 2.53. The van der Waals surface area contributed by atoms with E-state index in [2.05, 4.69) is 70.5 Å². The van der Waals surface area contributed by atoms with E-state index in [4.69, 9.17) is 4.74 Å². The number of hydrogen-bond acceptors (Lipinski definition) is 3. The summed E-state index contributed by atoms with van der Waals surface area (Å²) >= 11 is 0. The third kappa shape index (κ3) is 3.03. The number of allylic oxidation sites excluding steroid dienone is 6. The molecule has 0 radical (unpaired) electrons.